The van der Waals surface area contributed by atoms with Crippen LogP contribution in [0.25, 0.3) is 0 Å². The van der Waals surface area contributed by atoms with E-state index in [4.69, 9.17) is 0 Å². The van der Waals surface area contributed by atoms with E-state index in [1.165, 1.54) is 0 Å². The average molecular weight is 220 g/mol. The fourth-order valence-electron chi connectivity index (χ4n) is 1.96. The fourth-order valence-corrected chi connectivity index (χ4v) is 1.96. The first-order valence-corrected chi connectivity index (χ1v) is 5.42. The molecule has 1 N–H and O–H groups in total. The van der Waals surface area contributed by atoms with E-state index in [9.17, 15) is 4.79 Å². The van der Waals surface area contributed by atoms with Gasteiger partial charge in [-0.2, -0.15) is 0 Å². The quantitative estimate of drug-likeness (QED) is 0.625. The first kappa shape index (κ1) is 11.0. The molecule has 16 heavy (non-hydrogen) atoms. The van der Waals surface area contributed by atoms with Crippen LogP contribution in [0, 0.1) is 0 Å². The summed E-state index contributed by atoms with van der Waals surface area (Å²) < 4.78 is 0. The van der Waals surface area contributed by atoms with Gasteiger partial charge in [0.15, 0.2) is 6.29 Å². The van der Waals surface area contributed by atoms with Gasteiger partial charge >= 0.3 is 0 Å². The molecule has 0 aromatic heterocycles. The lowest BCUT2D eigenvalue weighted by atomic mass is 9.94. The Kier molecular flexibility index (Phi) is 3.46. The summed E-state index contributed by atoms with van der Waals surface area (Å²) in [5.74, 6) is 0. The number of carbonyl (C=O) groups is 1. The van der Waals surface area contributed by atoms with E-state index in [2.05, 4.69) is 27.2 Å². The van der Waals surface area contributed by atoms with E-state index < -0.39 is 0 Å². The molecule has 86 valence electrons. The van der Waals surface area contributed by atoms with Crippen LogP contribution < -0.4 is 5.32 Å². The molecule has 5 heteroatoms. The number of nitrogens with one attached hydrogen (secondary N) is 1. The molecule has 0 saturated carbocycles. The van der Waals surface area contributed by atoms with E-state index in [1.807, 2.05) is 0 Å². The van der Waals surface area contributed by atoms with E-state index in [1.54, 1.807) is 18.8 Å². The van der Waals surface area contributed by atoms with E-state index in [0.29, 0.717) is 17.7 Å². The second-order valence-corrected chi connectivity index (χ2v) is 4.13. The first-order valence-electron chi connectivity index (χ1n) is 5.42. The van der Waals surface area contributed by atoms with E-state index >= 15 is 0 Å². The average Bonchev–Trinajstić information content (AvgIpc) is 2.28. The zero-order chi connectivity index (χ0) is 11.4. The number of nitrogens with zero attached hydrogens (tertiary/aromatic N) is 3. The van der Waals surface area contributed by atoms with E-state index in [0.717, 1.165) is 25.8 Å². The molecule has 2 atom stereocenters. The zero-order valence-corrected chi connectivity index (χ0v) is 9.34. The van der Waals surface area contributed by atoms with Crippen LogP contribution in [0.3, 0.4) is 0 Å². The van der Waals surface area contributed by atoms with Crippen LogP contribution in [-0.4, -0.2) is 56.0 Å². The summed E-state index contributed by atoms with van der Waals surface area (Å²) in [4.78, 5) is 21.5. The van der Waals surface area contributed by atoms with Gasteiger partial charge in [-0.1, -0.05) is 0 Å². The highest BCUT2D eigenvalue weighted by Gasteiger charge is 2.34. The molecule has 3 heterocycles. The molecule has 3 aliphatic rings. The zero-order valence-electron chi connectivity index (χ0n) is 9.34. The van der Waals surface area contributed by atoms with Crippen LogP contribution >= 0.6 is 0 Å². The number of aldehydes is 1. The van der Waals surface area contributed by atoms with Gasteiger partial charge in [-0.3, -0.25) is 19.7 Å². The number of likely N-dealkylation sites (N-methyl/N-ethyl adjacent to an activating group) is 1. The number of fused-ring (bicyclic) bond motifs is 5. The van der Waals surface area contributed by atoms with Crippen LogP contribution in [0.2, 0.25) is 0 Å². The summed E-state index contributed by atoms with van der Waals surface area (Å²) in [6, 6.07) is 1.03. The fraction of sp³-hybridized carbons (Fsp3) is 0.545. The van der Waals surface area contributed by atoms with Crippen molar-refractivity contribution in [1.29, 1.82) is 0 Å². The van der Waals surface area contributed by atoms with Gasteiger partial charge in [-0.25, -0.2) is 0 Å². The normalized spacial score (nSPS) is 33.7. The highest BCUT2D eigenvalue weighted by molar-refractivity contribution is 6.01. The van der Waals surface area contributed by atoms with Crippen LogP contribution in [0.5, 0.6) is 0 Å². The van der Waals surface area contributed by atoms with Gasteiger partial charge in [0, 0.05) is 30.1 Å². The maximum Gasteiger partial charge on any atom is 0.153 e. The van der Waals surface area contributed by atoms with Crippen LogP contribution in [0.15, 0.2) is 21.8 Å². The first-order chi connectivity index (χ1) is 7.81. The third-order valence-electron chi connectivity index (χ3n) is 3.12. The van der Waals surface area contributed by atoms with Crippen molar-refractivity contribution >= 4 is 18.8 Å². The SMILES string of the molecule is CN1[C@@H]2CN=CN/C=C(/C=O)C=NC[C@H]1C2. The van der Waals surface area contributed by atoms with Gasteiger partial charge in [0.1, 0.15) is 0 Å². The Bertz CT molecular complexity index is 348. The number of rotatable bonds is 1. The highest BCUT2D eigenvalue weighted by atomic mass is 16.1. The Balaban J connectivity index is 2.06. The molecule has 5 nitrogen and oxygen atoms in total. The second kappa shape index (κ2) is 5.03. The molecule has 3 rings (SSSR count). The number of hydrogen-bond acceptors (Lipinski definition) is 5. The molecule has 0 spiro atoms. The Morgan fingerprint density at radius 2 is 2.19 bits per heavy atom. The molecule has 0 unspecified atom stereocenters. The van der Waals surface area contributed by atoms with Gasteiger partial charge in [0.05, 0.1) is 19.4 Å². The lowest BCUT2D eigenvalue weighted by molar-refractivity contribution is -0.104. The molecule has 3 aliphatic heterocycles. The predicted octanol–water partition coefficient (Wildman–Crippen LogP) is -0.156. The largest absolute Gasteiger partial charge is 0.352 e. The Labute approximate surface area is 94.9 Å². The lowest BCUT2D eigenvalue weighted by Crippen LogP contribution is -2.56. The third kappa shape index (κ3) is 2.36. The van der Waals surface area contributed by atoms with Gasteiger partial charge in [-0.05, 0) is 13.5 Å². The lowest BCUT2D eigenvalue weighted by Gasteiger charge is -2.45. The number of carbonyl (C=O) groups excluding carboxylic acids is 1. The van der Waals surface area contributed by atoms with Crippen LogP contribution in [-0.2, 0) is 4.79 Å². The third-order valence-corrected chi connectivity index (χ3v) is 3.12. The maximum absolute atomic E-state index is 10.7. The summed E-state index contributed by atoms with van der Waals surface area (Å²) in [5, 5.41) is 2.86. The summed E-state index contributed by atoms with van der Waals surface area (Å²) in [6.45, 7) is 1.55. The Hall–Kier alpha value is -1.49. The summed E-state index contributed by atoms with van der Waals surface area (Å²) in [7, 11) is 2.10. The molecule has 1 fully saturated rings. The minimum absolute atomic E-state index is 0.497. The minimum atomic E-state index is 0.497. The molecule has 0 radical (unpaired) electrons. The van der Waals surface area contributed by atoms with Crippen molar-refractivity contribution in [3.05, 3.63) is 11.8 Å². The van der Waals surface area contributed by atoms with Gasteiger partial charge in [-0.15, -0.1) is 0 Å². The molecule has 1 saturated heterocycles. The molecule has 0 amide bonds. The van der Waals surface area contributed by atoms with Gasteiger partial charge in [0.2, 0.25) is 0 Å². The minimum Gasteiger partial charge on any atom is -0.352 e. The monoisotopic (exact) mass is 220 g/mol. The van der Waals surface area contributed by atoms with Gasteiger partial charge < -0.3 is 5.32 Å². The molecule has 0 aromatic rings. The summed E-state index contributed by atoms with van der Waals surface area (Å²) in [6.07, 6.45) is 6.75. The van der Waals surface area contributed by atoms with Crippen molar-refractivity contribution in [3.63, 3.8) is 0 Å². The van der Waals surface area contributed by atoms with Crippen molar-refractivity contribution in [2.45, 2.75) is 18.5 Å². The number of aliphatic imine (C=N–C) groups is 2. The van der Waals surface area contributed by atoms with Crippen molar-refractivity contribution in [1.82, 2.24) is 10.2 Å². The standard InChI is InChI=1S/C11H16N4O/c1-15-10-2-11(15)6-14-8-13-4-9(7-16)3-12-5-10/h3-4,7-8,10-11H,2,5-6H2,1H3,(H,13,14)/b9-4+,12-3?/t10-,11+/m1/s1. The van der Waals surface area contributed by atoms with E-state index in [-0.39, 0.29) is 0 Å². The second-order valence-electron chi connectivity index (χ2n) is 4.13. The van der Waals surface area contributed by atoms with Gasteiger partial charge in [0.25, 0.3) is 0 Å². The summed E-state index contributed by atoms with van der Waals surface area (Å²) >= 11 is 0. The highest BCUT2D eigenvalue weighted by Crippen LogP contribution is 2.23. The predicted molar refractivity (Wildman–Crippen MR) is 64.0 cm³/mol. The van der Waals surface area contributed by atoms with Crippen molar-refractivity contribution < 1.29 is 4.79 Å². The van der Waals surface area contributed by atoms with Crippen molar-refractivity contribution in [3.8, 4) is 0 Å². The summed E-state index contributed by atoms with van der Waals surface area (Å²) in [5.41, 5.74) is 0.533. The van der Waals surface area contributed by atoms with Crippen LogP contribution in [0.1, 0.15) is 6.42 Å². The van der Waals surface area contributed by atoms with Crippen molar-refractivity contribution in [2.24, 2.45) is 9.98 Å². The molecule has 2 bridgehead atoms. The number of hydrogen-bond donors (Lipinski definition) is 1. The topological polar surface area (TPSA) is 57.1 Å². The van der Waals surface area contributed by atoms with Crippen molar-refractivity contribution in [2.75, 3.05) is 20.1 Å². The molecule has 0 aromatic carbocycles. The number of allylic oxidation sites excluding steroid dienone is 1. The maximum atomic E-state index is 10.7. The molecular weight excluding hydrogens is 204 g/mol. The molecule has 0 aliphatic carbocycles. The molecular formula is C11H16N4O. The van der Waals surface area contributed by atoms with Crippen LogP contribution in [0.4, 0.5) is 0 Å². The Morgan fingerprint density at radius 1 is 1.44 bits per heavy atom. The smallest absolute Gasteiger partial charge is 0.153 e. The Morgan fingerprint density at radius 3 is 2.88 bits per heavy atom.